The Bertz CT molecular complexity index is 1030. The molecule has 150 valence electrons. The highest BCUT2D eigenvalue weighted by atomic mass is 79.9. The molecule has 8 nitrogen and oxygen atoms in total. The van der Waals surface area contributed by atoms with Crippen LogP contribution in [0.4, 0.5) is 10.5 Å². The van der Waals surface area contributed by atoms with Crippen molar-refractivity contribution in [2.45, 2.75) is 0 Å². The van der Waals surface area contributed by atoms with Crippen molar-refractivity contribution in [1.29, 1.82) is 0 Å². The number of carbonyl (C=O) groups excluding carboxylic acids is 3. The summed E-state index contributed by atoms with van der Waals surface area (Å²) in [5, 5.41) is 2.18. The number of amides is 4. The summed E-state index contributed by atoms with van der Waals surface area (Å²) in [6.45, 7) is 0. The molecule has 2 aromatic rings. The van der Waals surface area contributed by atoms with Crippen molar-refractivity contribution in [2.24, 2.45) is 0 Å². The van der Waals surface area contributed by atoms with Gasteiger partial charge >= 0.3 is 6.03 Å². The molecule has 0 aromatic heterocycles. The topological polar surface area (TPSA) is 94.2 Å². The minimum Gasteiger partial charge on any atom is -0.497 e. The van der Waals surface area contributed by atoms with Crippen LogP contribution in [-0.2, 0) is 9.59 Å². The molecular formula is C20H17BrN2O6. The fraction of sp³-hybridized carbons (Fsp3) is 0.150. The van der Waals surface area contributed by atoms with E-state index in [1.807, 2.05) is 0 Å². The second-order valence-corrected chi connectivity index (χ2v) is 6.74. The van der Waals surface area contributed by atoms with Crippen LogP contribution in [-0.4, -0.2) is 39.2 Å². The van der Waals surface area contributed by atoms with Gasteiger partial charge in [0.05, 0.1) is 31.5 Å². The summed E-state index contributed by atoms with van der Waals surface area (Å²) >= 11 is 3.36. The third-order valence-electron chi connectivity index (χ3n) is 4.22. The molecular weight excluding hydrogens is 444 g/mol. The van der Waals surface area contributed by atoms with Gasteiger partial charge in [0, 0.05) is 6.07 Å². The Balaban J connectivity index is 2.06. The summed E-state index contributed by atoms with van der Waals surface area (Å²) in [6.07, 6.45) is 1.40. The molecule has 0 atom stereocenters. The molecule has 1 N–H and O–H groups in total. The lowest BCUT2D eigenvalue weighted by Gasteiger charge is -2.27. The SMILES string of the molecule is COc1ccc(OC)c(N2C(=O)NC(=O)C(=Cc3ccc(OC)c(Br)c3)C2=O)c1. The van der Waals surface area contributed by atoms with Crippen LogP contribution in [0, 0.1) is 0 Å². The lowest BCUT2D eigenvalue weighted by atomic mass is 10.1. The van der Waals surface area contributed by atoms with Crippen LogP contribution in [0.3, 0.4) is 0 Å². The van der Waals surface area contributed by atoms with Crippen LogP contribution in [0.5, 0.6) is 17.2 Å². The second-order valence-electron chi connectivity index (χ2n) is 5.89. The average molecular weight is 461 g/mol. The molecule has 1 aliphatic heterocycles. The summed E-state index contributed by atoms with van der Waals surface area (Å²) < 4.78 is 16.3. The first-order chi connectivity index (χ1) is 13.9. The maximum Gasteiger partial charge on any atom is 0.336 e. The Morgan fingerprint density at radius 1 is 0.931 bits per heavy atom. The Kier molecular flexibility index (Phi) is 5.88. The number of urea groups is 1. The molecule has 1 heterocycles. The maximum absolute atomic E-state index is 13.1. The number of hydrogen-bond acceptors (Lipinski definition) is 6. The molecule has 1 aliphatic rings. The zero-order valence-electron chi connectivity index (χ0n) is 15.8. The molecule has 4 amide bonds. The van der Waals surface area contributed by atoms with Crippen LogP contribution >= 0.6 is 15.9 Å². The number of imide groups is 2. The van der Waals surface area contributed by atoms with Gasteiger partial charge in [0.25, 0.3) is 11.8 Å². The first-order valence-corrected chi connectivity index (χ1v) is 9.16. The summed E-state index contributed by atoms with van der Waals surface area (Å²) in [7, 11) is 4.40. The number of rotatable bonds is 5. The molecule has 1 fully saturated rings. The molecule has 1 saturated heterocycles. The minimum atomic E-state index is -0.875. The van der Waals surface area contributed by atoms with E-state index in [1.54, 1.807) is 30.3 Å². The van der Waals surface area contributed by atoms with Gasteiger partial charge in [-0.15, -0.1) is 0 Å². The van der Waals surface area contributed by atoms with E-state index >= 15 is 0 Å². The van der Waals surface area contributed by atoms with Crippen molar-refractivity contribution >= 4 is 45.5 Å². The van der Waals surface area contributed by atoms with E-state index in [-0.39, 0.29) is 17.0 Å². The van der Waals surface area contributed by atoms with E-state index in [4.69, 9.17) is 14.2 Å². The lowest BCUT2D eigenvalue weighted by Crippen LogP contribution is -2.54. The number of anilines is 1. The van der Waals surface area contributed by atoms with Crippen LogP contribution in [0.2, 0.25) is 0 Å². The van der Waals surface area contributed by atoms with Crippen molar-refractivity contribution in [3.05, 3.63) is 52.0 Å². The highest BCUT2D eigenvalue weighted by Gasteiger charge is 2.38. The number of barbiturate groups is 1. The number of nitrogens with one attached hydrogen (secondary N) is 1. The number of nitrogens with zero attached hydrogens (tertiary/aromatic N) is 1. The Morgan fingerprint density at radius 2 is 1.62 bits per heavy atom. The van der Waals surface area contributed by atoms with E-state index in [1.165, 1.54) is 33.5 Å². The molecule has 0 unspecified atom stereocenters. The quantitative estimate of drug-likeness (QED) is 0.543. The summed E-state index contributed by atoms with van der Waals surface area (Å²) in [5.41, 5.74) is 0.526. The predicted molar refractivity (Wildman–Crippen MR) is 109 cm³/mol. The van der Waals surface area contributed by atoms with E-state index < -0.39 is 17.8 Å². The highest BCUT2D eigenvalue weighted by molar-refractivity contribution is 9.10. The zero-order valence-corrected chi connectivity index (χ0v) is 17.4. The molecule has 29 heavy (non-hydrogen) atoms. The van der Waals surface area contributed by atoms with Gasteiger partial charge in [0.15, 0.2) is 0 Å². The average Bonchev–Trinajstić information content (AvgIpc) is 2.71. The fourth-order valence-electron chi connectivity index (χ4n) is 2.79. The van der Waals surface area contributed by atoms with Crippen LogP contribution in [0.1, 0.15) is 5.56 Å². The number of benzene rings is 2. The van der Waals surface area contributed by atoms with Crippen LogP contribution < -0.4 is 24.4 Å². The first kappa shape index (κ1) is 20.4. The van der Waals surface area contributed by atoms with Crippen molar-refractivity contribution in [2.75, 3.05) is 26.2 Å². The lowest BCUT2D eigenvalue weighted by molar-refractivity contribution is -0.122. The number of hydrogen-bond donors (Lipinski definition) is 1. The van der Waals surface area contributed by atoms with Gasteiger partial charge in [0.1, 0.15) is 22.8 Å². The molecule has 3 rings (SSSR count). The number of carbonyl (C=O) groups is 3. The van der Waals surface area contributed by atoms with Crippen molar-refractivity contribution in [3.8, 4) is 17.2 Å². The normalized spacial score (nSPS) is 15.4. The summed E-state index contributed by atoms with van der Waals surface area (Å²) in [5.74, 6) is -0.273. The van der Waals surface area contributed by atoms with Crippen molar-refractivity contribution < 1.29 is 28.6 Å². The van der Waals surface area contributed by atoms with Gasteiger partial charge in [-0.25, -0.2) is 9.69 Å². The molecule has 0 bridgehead atoms. The third kappa shape index (κ3) is 3.95. The molecule has 0 spiro atoms. The molecule has 0 radical (unpaired) electrons. The van der Waals surface area contributed by atoms with Crippen LogP contribution in [0.25, 0.3) is 6.08 Å². The van der Waals surface area contributed by atoms with Crippen molar-refractivity contribution in [1.82, 2.24) is 5.32 Å². The fourth-order valence-corrected chi connectivity index (χ4v) is 3.35. The minimum absolute atomic E-state index is 0.156. The number of ether oxygens (including phenoxy) is 3. The number of methoxy groups -OCH3 is 3. The van der Waals surface area contributed by atoms with E-state index in [0.29, 0.717) is 21.5 Å². The number of halogens is 1. The Hall–Kier alpha value is -3.33. The predicted octanol–water partition coefficient (Wildman–Crippen LogP) is 3.14. The van der Waals surface area contributed by atoms with E-state index in [9.17, 15) is 14.4 Å². The van der Waals surface area contributed by atoms with Gasteiger partial charge in [0.2, 0.25) is 0 Å². The van der Waals surface area contributed by atoms with Gasteiger partial charge in [-0.2, -0.15) is 0 Å². The van der Waals surface area contributed by atoms with E-state index in [0.717, 1.165) is 4.90 Å². The first-order valence-electron chi connectivity index (χ1n) is 8.36. The Labute approximate surface area is 175 Å². The summed E-state index contributed by atoms with van der Waals surface area (Å²) in [6, 6.07) is 8.87. The Morgan fingerprint density at radius 3 is 2.24 bits per heavy atom. The molecule has 9 heteroatoms. The van der Waals surface area contributed by atoms with Gasteiger partial charge in [-0.1, -0.05) is 6.07 Å². The largest absolute Gasteiger partial charge is 0.497 e. The highest BCUT2D eigenvalue weighted by Crippen LogP contribution is 2.34. The monoisotopic (exact) mass is 460 g/mol. The van der Waals surface area contributed by atoms with Crippen molar-refractivity contribution in [3.63, 3.8) is 0 Å². The van der Waals surface area contributed by atoms with Gasteiger partial charge in [-0.05, 0) is 51.8 Å². The second kappa shape index (κ2) is 8.36. The van der Waals surface area contributed by atoms with E-state index in [2.05, 4.69) is 21.2 Å². The summed E-state index contributed by atoms with van der Waals surface area (Å²) in [4.78, 5) is 38.7. The van der Waals surface area contributed by atoms with Gasteiger partial charge in [-0.3, -0.25) is 14.9 Å². The standard InChI is InChI=1S/C20H17BrN2O6/c1-27-12-5-7-17(29-3)15(10-12)23-19(25)13(18(24)22-20(23)26)8-11-4-6-16(28-2)14(21)9-11/h4-10H,1-3H3,(H,22,24,26). The smallest absolute Gasteiger partial charge is 0.336 e. The molecule has 0 aliphatic carbocycles. The maximum atomic E-state index is 13.1. The van der Waals surface area contributed by atoms with Gasteiger partial charge < -0.3 is 14.2 Å². The third-order valence-corrected chi connectivity index (χ3v) is 4.84. The molecule has 0 saturated carbocycles. The van der Waals surface area contributed by atoms with Crippen LogP contribution in [0.15, 0.2) is 46.4 Å². The zero-order chi connectivity index (χ0) is 21.1. The molecule has 2 aromatic carbocycles.